The van der Waals surface area contributed by atoms with Crippen LogP contribution >= 0.6 is 0 Å². The van der Waals surface area contributed by atoms with Crippen molar-refractivity contribution in [2.45, 2.75) is 38.6 Å². The van der Waals surface area contributed by atoms with E-state index in [0.717, 1.165) is 29.5 Å². The van der Waals surface area contributed by atoms with Crippen molar-refractivity contribution in [1.29, 1.82) is 0 Å². The first-order valence-corrected chi connectivity index (χ1v) is 10.9. The standard InChI is InChI=1S/C25H29N3O2/c1-2-27-13-14-28(24(29)17-19-7-3-4-8-19)23(25(27)30)16-20-9-5-10-21(15-20)22-11-6-12-26-18-22/h3,5-7,9-12,15,18-19,23H,2,4,8,13-14,16-17H2,1H3/t19-,23+/m1/s1. The molecule has 1 fully saturated rings. The van der Waals surface area contributed by atoms with E-state index in [1.807, 2.05) is 47.2 Å². The predicted octanol–water partition coefficient (Wildman–Crippen LogP) is 3.71. The Morgan fingerprint density at radius 1 is 1.17 bits per heavy atom. The average molecular weight is 404 g/mol. The summed E-state index contributed by atoms with van der Waals surface area (Å²) < 4.78 is 0. The van der Waals surface area contributed by atoms with Crippen LogP contribution in [0.2, 0.25) is 0 Å². The van der Waals surface area contributed by atoms with Crippen LogP contribution < -0.4 is 0 Å². The quantitative estimate of drug-likeness (QED) is 0.691. The summed E-state index contributed by atoms with van der Waals surface area (Å²) in [6.07, 6.45) is 11.0. The molecule has 0 bridgehead atoms. The molecule has 2 aromatic rings. The Labute approximate surface area is 178 Å². The van der Waals surface area contributed by atoms with Crippen LogP contribution in [0.3, 0.4) is 0 Å². The van der Waals surface area contributed by atoms with Crippen molar-refractivity contribution in [1.82, 2.24) is 14.8 Å². The largest absolute Gasteiger partial charge is 0.339 e. The summed E-state index contributed by atoms with van der Waals surface area (Å²) in [6.45, 7) is 3.91. The highest BCUT2D eigenvalue weighted by molar-refractivity contribution is 5.89. The normalized spacial score (nSPS) is 21.3. The number of pyridine rings is 1. The number of nitrogens with zero attached hydrogens (tertiary/aromatic N) is 3. The Kier molecular flexibility index (Phi) is 6.26. The van der Waals surface area contributed by atoms with Gasteiger partial charge >= 0.3 is 0 Å². The molecular weight excluding hydrogens is 374 g/mol. The molecular formula is C25H29N3O2. The predicted molar refractivity (Wildman–Crippen MR) is 118 cm³/mol. The molecule has 2 atom stereocenters. The molecule has 4 rings (SSSR count). The van der Waals surface area contributed by atoms with E-state index in [2.05, 4.69) is 29.3 Å². The molecule has 1 aliphatic heterocycles. The van der Waals surface area contributed by atoms with Gasteiger partial charge in [-0.2, -0.15) is 0 Å². The van der Waals surface area contributed by atoms with Crippen molar-refractivity contribution in [3.05, 3.63) is 66.5 Å². The Balaban J connectivity index is 1.55. The van der Waals surface area contributed by atoms with Crippen molar-refractivity contribution >= 4 is 11.8 Å². The molecule has 156 valence electrons. The third-order valence-electron chi connectivity index (χ3n) is 6.19. The molecule has 1 aromatic carbocycles. The molecule has 0 saturated carbocycles. The lowest BCUT2D eigenvalue weighted by atomic mass is 9.96. The molecule has 2 amide bonds. The van der Waals surface area contributed by atoms with Crippen molar-refractivity contribution in [2.24, 2.45) is 5.92 Å². The van der Waals surface area contributed by atoms with Gasteiger partial charge in [-0.15, -0.1) is 0 Å². The third kappa shape index (κ3) is 4.45. The minimum absolute atomic E-state index is 0.0610. The highest BCUT2D eigenvalue weighted by Gasteiger charge is 2.37. The molecule has 0 radical (unpaired) electrons. The molecule has 5 nitrogen and oxygen atoms in total. The minimum Gasteiger partial charge on any atom is -0.339 e. The fourth-order valence-corrected chi connectivity index (χ4v) is 4.49. The van der Waals surface area contributed by atoms with Crippen LogP contribution in [0.1, 0.15) is 31.7 Å². The lowest BCUT2D eigenvalue weighted by molar-refractivity contribution is -0.151. The molecule has 5 heteroatoms. The fraction of sp³-hybridized carbons (Fsp3) is 0.400. The van der Waals surface area contributed by atoms with Crippen LogP contribution in [-0.4, -0.2) is 52.3 Å². The zero-order valence-corrected chi connectivity index (χ0v) is 17.5. The van der Waals surface area contributed by atoms with Gasteiger partial charge in [-0.3, -0.25) is 14.6 Å². The molecule has 0 N–H and O–H groups in total. The molecule has 0 spiro atoms. The van der Waals surface area contributed by atoms with Crippen LogP contribution in [0.15, 0.2) is 60.9 Å². The maximum atomic E-state index is 13.2. The van der Waals surface area contributed by atoms with Crippen LogP contribution in [0.5, 0.6) is 0 Å². The van der Waals surface area contributed by atoms with Crippen molar-refractivity contribution in [2.75, 3.05) is 19.6 Å². The summed E-state index contributed by atoms with van der Waals surface area (Å²) in [7, 11) is 0. The zero-order chi connectivity index (χ0) is 20.9. The molecule has 1 aromatic heterocycles. The van der Waals surface area contributed by atoms with Gasteiger partial charge in [0.15, 0.2) is 0 Å². The van der Waals surface area contributed by atoms with Gasteiger partial charge < -0.3 is 9.80 Å². The number of amides is 2. The second-order valence-electron chi connectivity index (χ2n) is 8.14. The van der Waals surface area contributed by atoms with Gasteiger partial charge in [-0.25, -0.2) is 0 Å². The van der Waals surface area contributed by atoms with E-state index in [4.69, 9.17) is 0 Å². The highest BCUT2D eigenvalue weighted by atomic mass is 16.2. The molecule has 30 heavy (non-hydrogen) atoms. The number of rotatable bonds is 6. The monoisotopic (exact) mass is 403 g/mol. The average Bonchev–Trinajstić information content (AvgIpc) is 3.29. The van der Waals surface area contributed by atoms with E-state index in [1.165, 1.54) is 0 Å². The van der Waals surface area contributed by atoms with Gasteiger partial charge in [0.05, 0.1) is 0 Å². The number of hydrogen-bond acceptors (Lipinski definition) is 3. The van der Waals surface area contributed by atoms with Gasteiger partial charge in [-0.1, -0.05) is 42.5 Å². The summed E-state index contributed by atoms with van der Waals surface area (Å²) in [6, 6.07) is 11.7. The Hall–Kier alpha value is -2.95. The number of allylic oxidation sites excluding steroid dienone is 2. The first-order chi connectivity index (χ1) is 14.7. The van der Waals surface area contributed by atoms with Gasteiger partial charge in [0, 0.05) is 44.9 Å². The number of carbonyl (C=O) groups is 2. The van der Waals surface area contributed by atoms with E-state index in [9.17, 15) is 9.59 Å². The molecule has 1 saturated heterocycles. The van der Waals surface area contributed by atoms with Crippen LogP contribution in [0.4, 0.5) is 0 Å². The Morgan fingerprint density at radius 2 is 2.03 bits per heavy atom. The molecule has 2 heterocycles. The molecule has 1 aliphatic carbocycles. The van der Waals surface area contributed by atoms with Crippen molar-refractivity contribution in [3.8, 4) is 11.1 Å². The third-order valence-corrected chi connectivity index (χ3v) is 6.19. The van der Waals surface area contributed by atoms with Crippen LogP contribution in [-0.2, 0) is 16.0 Å². The van der Waals surface area contributed by atoms with E-state index in [-0.39, 0.29) is 11.8 Å². The summed E-state index contributed by atoms with van der Waals surface area (Å²) in [4.78, 5) is 34.2. The summed E-state index contributed by atoms with van der Waals surface area (Å²) in [5.41, 5.74) is 3.18. The molecule has 0 unspecified atom stereocenters. The van der Waals surface area contributed by atoms with Gasteiger partial charge in [-0.05, 0) is 48.4 Å². The smallest absolute Gasteiger partial charge is 0.245 e. The Bertz CT molecular complexity index is 925. The van der Waals surface area contributed by atoms with Gasteiger partial charge in [0.25, 0.3) is 0 Å². The minimum atomic E-state index is -0.430. The van der Waals surface area contributed by atoms with Crippen molar-refractivity contribution in [3.63, 3.8) is 0 Å². The second kappa shape index (κ2) is 9.24. The van der Waals surface area contributed by atoms with Crippen LogP contribution in [0.25, 0.3) is 11.1 Å². The van der Waals surface area contributed by atoms with E-state index < -0.39 is 6.04 Å². The SMILES string of the molecule is CCN1CCN(C(=O)C[C@@H]2C=CCC2)[C@@H](Cc2cccc(-c3cccnc3)c2)C1=O. The number of benzene rings is 1. The first kappa shape index (κ1) is 20.3. The van der Waals surface area contributed by atoms with Gasteiger partial charge in [0.1, 0.15) is 6.04 Å². The summed E-state index contributed by atoms with van der Waals surface area (Å²) in [5.74, 6) is 0.473. The van der Waals surface area contributed by atoms with E-state index >= 15 is 0 Å². The fourth-order valence-electron chi connectivity index (χ4n) is 4.49. The first-order valence-electron chi connectivity index (χ1n) is 10.9. The zero-order valence-electron chi connectivity index (χ0n) is 17.5. The lowest BCUT2D eigenvalue weighted by Crippen LogP contribution is -2.59. The number of likely N-dealkylation sites (N-methyl/N-ethyl adjacent to an activating group) is 1. The van der Waals surface area contributed by atoms with Crippen molar-refractivity contribution < 1.29 is 9.59 Å². The van der Waals surface area contributed by atoms with E-state index in [0.29, 0.717) is 38.4 Å². The maximum Gasteiger partial charge on any atom is 0.245 e. The maximum absolute atomic E-state index is 13.2. The Morgan fingerprint density at radius 3 is 2.77 bits per heavy atom. The molecule has 2 aliphatic rings. The summed E-state index contributed by atoms with van der Waals surface area (Å²) >= 11 is 0. The van der Waals surface area contributed by atoms with E-state index in [1.54, 1.807) is 6.20 Å². The highest BCUT2D eigenvalue weighted by Crippen LogP contribution is 2.25. The number of aromatic nitrogens is 1. The van der Waals surface area contributed by atoms with Gasteiger partial charge in [0.2, 0.25) is 11.8 Å². The topological polar surface area (TPSA) is 53.5 Å². The van der Waals surface area contributed by atoms with Crippen LogP contribution in [0, 0.1) is 5.92 Å². The second-order valence-corrected chi connectivity index (χ2v) is 8.14. The number of piperazine rings is 1. The lowest BCUT2D eigenvalue weighted by Gasteiger charge is -2.41. The summed E-state index contributed by atoms with van der Waals surface area (Å²) in [5, 5.41) is 0. The number of carbonyl (C=O) groups excluding carboxylic acids is 2. The number of hydrogen-bond donors (Lipinski definition) is 0.